The molecule has 9 heteroatoms. The van der Waals surface area contributed by atoms with Gasteiger partial charge in [-0.3, -0.25) is 19.5 Å². The zero-order valence-corrected chi connectivity index (χ0v) is 18.7. The van der Waals surface area contributed by atoms with Gasteiger partial charge in [-0.05, 0) is 48.6 Å². The van der Waals surface area contributed by atoms with Crippen LogP contribution in [-0.4, -0.2) is 49.6 Å². The molecule has 3 aromatic rings. The highest BCUT2D eigenvalue weighted by molar-refractivity contribution is 5.83. The van der Waals surface area contributed by atoms with Crippen LogP contribution in [0.2, 0.25) is 0 Å². The summed E-state index contributed by atoms with van der Waals surface area (Å²) >= 11 is 0. The van der Waals surface area contributed by atoms with Crippen molar-refractivity contribution in [3.63, 3.8) is 0 Å². The van der Waals surface area contributed by atoms with E-state index in [-0.39, 0.29) is 36.0 Å². The highest BCUT2D eigenvalue weighted by atomic mass is 16.3. The highest BCUT2D eigenvalue weighted by Crippen LogP contribution is 2.50. The first-order chi connectivity index (χ1) is 16.7. The van der Waals surface area contributed by atoms with Crippen molar-refractivity contribution < 1.29 is 14.3 Å². The Morgan fingerprint density at radius 2 is 2.03 bits per heavy atom. The molecular formula is C25H27N5O4. The van der Waals surface area contributed by atoms with E-state index in [1.807, 2.05) is 28.8 Å². The van der Waals surface area contributed by atoms with Gasteiger partial charge >= 0.3 is 0 Å². The van der Waals surface area contributed by atoms with E-state index in [1.165, 1.54) is 6.39 Å². The van der Waals surface area contributed by atoms with Crippen LogP contribution in [0.1, 0.15) is 30.3 Å². The first-order valence-corrected chi connectivity index (χ1v) is 11.8. The first kappa shape index (κ1) is 21.2. The van der Waals surface area contributed by atoms with Crippen molar-refractivity contribution in [1.82, 2.24) is 24.8 Å². The van der Waals surface area contributed by atoms with Gasteiger partial charge in [0.1, 0.15) is 6.26 Å². The van der Waals surface area contributed by atoms with E-state index in [0.717, 1.165) is 24.1 Å². The molecule has 0 aromatic carbocycles. The molecule has 34 heavy (non-hydrogen) atoms. The molecule has 4 atom stereocenters. The molecule has 0 spiro atoms. The van der Waals surface area contributed by atoms with Crippen LogP contribution in [0.4, 0.5) is 0 Å². The van der Waals surface area contributed by atoms with E-state index in [0.29, 0.717) is 36.8 Å². The van der Waals surface area contributed by atoms with Crippen molar-refractivity contribution in [3.8, 4) is 11.1 Å². The summed E-state index contributed by atoms with van der Waals surface area (Å²) in [5.74, 6) is 0.146. The van der Waals surface area contributed by atoms with E-state index >= 15 is 0 Å². The zero-order chi connectivity index (χ0) is 23.2. The number of carbonyl (C=O) groups is 1. The van der Waals surface area contributed by atoms with Gasteiger partial charge in [0.15, 0.2) is 6.39 Å². The molecule has 3 aromatic heterocycles. The van der Waals surface area contributed by atoms with Gasteiger partial charge in [0.25, 0.3) is 5.56 Å². The molecule has 0 unspecified atom stereocenters. The Kier molecular flexibility index (Phi) is 5.30. The van der Waals surface area contributed by atoms with Crippen molar-refractivity contribution in [1.29, 1.82) is 0 Å². The van der Waals surface area contributed by atoms with Crippen LogP contribution in [0.25, 0.3) is 11.1 Å². The molecule has 0 radical (unpaired) electrons. The first-order valence-electron chi connectivity index (χ1n) is 11.8. The number of likely N-dealkylation sites (tertiary alicyclic amines) is 1. The lowest BCUT2D eigenvalue weighted by Gasteiger charge is -2.30. The molecule has 2 N–H and O–H groups in total. The van der Waals surface area contributed by atoms with Crippen molar-refractivity contribution >= 4 is 5.91 Å². The summed E-state index contributed by atoms with van der Waals surface area (Å²) in [6.45, 7) is 1.41. The molecule has 1 saturated heterocycles. The molecule has 9 nitrogen and oxygen atoms in total. The molecule has 3 aliphatic rings. The molecule has 1 amide bonds. The third-order valence-corrected chi connectivity index (χ3v) is 7.54. The van der Waals surface area contributed by atoms with Crippen LogP contribution >= 0.6 is 0 Å². The predicted octanol–water partition coefficient (Wildman–Crippen LogP) is 1.59. The Bertz CT molecular complexity index is 1240. The number of aliphatic hydroxyl groups is 1. The minimum atomic E-state index is -0.501. The van der Waals surface area contributed by atoms with Crippen LogP contribution < -0.4 is 10.9 Å². The molecule has 1 aliphatic carbocycles. The van der Waals surface area contributed by atoms with E-state index in [4.69, 9.17) is 4.42 Å². The monoisotopic (exact) mass is 461 g/mol. The Balaban J connectivity index is 1.39. The number of aliphatic hydroxyl groups excluding tert-OH is 1. The van der Waals surface area contributed by atoms with Crippen molar-refractivity contribution in [2.24, 2.45) is 17.8 Å². The van der Waals surface area contributed by atoms with Gasteiger partial charge in [-0.1, -0.05) is 0 Å². The number of hydrogen-bond acceptors (Lipinski definition) is 7. The third kappa shape index (κ3) is 3.56. The van der Waals surface area contributed by atoms with Crippen LogP contribution in [0, 0.1) is 17.8 Å². The third-order valence-electron chi connectivity index (χ3n) is 7.54. The molecular weight excluding hydrogens is 434 g/mol. The number of carbonyl (C=O) groups excluding carboxylic acids is 1. The maximum Gasteiger partial charge on any atom is 0.258 e. The van der Waals surface area contributed by atoms with Gasteiger partial charge in [0, 0.05) is 61.7 Å². The minimum absolute atomic E-state index is 0.0611. The topological polar surface area (TPSA) is 113 Å². The Morgan fingerprint density at radius 3 is 2.74 bits per heavy atom. The van der Waals surface area contributed by atoms with Crippen LogP contribution in [-0.2, 0) is 17.9 Å². The van der Waals surface area contributed by atoms with Crippen molar-refractivity contribution in [2.45, 2.75) is 38.0 Å². The zero-order valence-electron chi connectivity index (χ0n) is 18.7. The van der Waals surface area contributed by atoms with Crippen LogP contribution in [0.3, 0.4) is 0 Å². The van der Waals surface area contributed by atoms with Crippen molar-refractivity contribution in [3.05, 3.63) is 71.1 Å². The second-order valence-electron chi connectivity index (χ2n) is 9.56. The largest absolute Gasteiger partial charge is 0.451 e. The maximum absolute atomic E-state index is 13.5. The number of oxazole rings is 1. The van der Waals surface area contributed by atoms with Crippen molar-refractivity contribution in [2.75, 3.05) is 13.2 Å². The number of aromatic nitrogens is 3. The van der Waals surface area contributed by atoms with E-state index < -0.39 is 6.04 Å². The number of fused-ring (bicyclic) bond motifs is 3. The normalized spacial score (nSPS) is 25.8. The molecule has 0 bridgehead atoms. The van der Waals surface area contributed by atoms with E-state index in [9.17, 15) is 14.7 Å². The quantitative estimate of drug-likeness (QED) is 0.549. The summed E-state index contributed by atoms with van der Waals surface area (Å²) in [5, 5.41) is 13.5. The lowest BCUT2D eigenvalue weighted by atomic mass is 9.88. The number of amides is 1. The van der Waals surface area contributed by atoms with Crippen LogP contribution in [0.15, 0.2) is 58.5 Å². The molecule has 1 saturated carbocycles. The molecule has 6 rings (SSSR count). The summed E-state index contributed by atoms with van der Waals surface area (Å²) in [7, 11) is 0. The summed E-state index contributed by atoms with van der Waals surface area (Å²) in [6.07, 6.45) is 8.61. The number of rotatable bonds is 7. The fourth-order valence-electron chi connectivity index (χ4n) is 5.71. The molecule has 2 aliphatic heterocycles. The van der Waals surface area contributed by atoms with E-state index in [2.05, 4.69) is 20.2 Å². The molecule has 2 fully saturated rings. The van der Waals surface area contributed by atoms with Crippen LogP contribution in [0.5, 0.6) is 0 Å². The lowest BCUT2D eigenvalue weighted by molar-refractivity contribution is -0.128. The number of hydrogen-bond donors (Lipinski definition) is 2. The summed E-state index contributed by atoms with van der Waals surface area (Å²) in [4.78, 5) is 37.2. The fraction of sp³-hybridized carbons (Fsp3) is 0.440. The average Bonchev–Trinajstić information content (AvgIpc) is 3.25. The minimum Gasteiger partial charge on any atom is -0.451 e. The van der Waals surface area contributed by atoms with Gasteiger partial charge < -0.3 is 19.4 Å². The van der Waals surface area contributed by atoms with E-state index in [1.54, 1.807) is 18.7 Å². The van der Waals surface area contributed by atoms with Gasteiger partial charge in [0.2, 0.25) is 5.91 Å². The Hall–Kier alpha value is -3.30. The Morgan fingerprint density at radius 1 is 1.21 bits per heavy atom. The second kappa shape index (κ2) is 8.48. The highest BCUT2D eigenvalue weighted by Gasteiger charge is 2.55. The Labute approximate surface area is 196 Å². The standard InChI is InChI=1S/C25H27N5O4/c31-12-20-19-11-29-21(4-3-18(25(29)33)16-5-7-26-8-6-16)22(19)30(10-17-13-34-14-28-17)23(20)24(32)27-9-15-1-2-15/h3-8,13-15,19-20,22-23,31H,1-2,9-12H2,(H,27,32)/t19-,20-,22+,23-/m1/s1. The second-order valence-corrected chi connectivity index (χ2v) is 9.56. The fourth-order valence-corrected chi connectivity index (χ4v) is 5.71. The summed E-state index contributed by atoms with van der Waals surface area (Å²) in [6, 6.07) is 6.81. The molecule has 176 valence electrons. The lowest BCUT2D eigenvalue weighted by Crippen LogP contribution is -2.48. The SMILES string of the molecule is O=C(NCC1CC1)[C@H]1[C@H](CO)[C@H]2Cn3c(ccc(-c4ccncc4)c3=O)[C@H]2N1Cc1cocn1. The number of nitrogens with one attached hydrogen (secondary N) is 1. The number of pyridine rings is 2. The molecule has 5 heterocycles. The average molecular weight is 462 g/mol. The van der Waals surface area contributed by atoms with Gasteiger partial charge in [-0.15, -0.1) is 0 Å². The van der Waals surface area contributed by atoms with Gasteiger partial charge in [-0.25, -0.2) is 4.98 Å². The van der Waals surface area contributed by atoms with Gasteiger partial charge in [0.05, 0.1) is 17.8 Å². The van der Waals surface area contributed by atoms with Gasteiger partial charge in [-0.2, -0.15) is 0 Å². The predicted molar refractivity (Wildman–Crippen MR) is 122 cm³/mol. The maximum atomic E-state index is 13.5. The summed E-state index contributed by atoms with van der Waals surface area (Å²) < 4.78 is 6.98. The summed E-state index contributed by atoms with van der Waals surface area (Å²) in [5.41, 5.74) is 2.96. The smallest absolute Gasteiger partial charge is 0.258 e. The number of nitrogens with zero attached hydrogens (tertiary/aromatic N) is 4.